The first kappa shape index (κ1) is 13.1. The molecule has 1 N–H and O–H groups in total. The minimum Gasteiger partial charge on any atom is -0.362 e. The third-order valence-electron chi connectivity index (χ3n) is 3.58. The maximum Gasteiger partial charge on any atom is 0.170 e. The molecule has 0 saturated carbocycles. The Bertz CT molecular complexity index is 564. The zero-order valence-corrected chi connectivity index (χ0v) is 11.8. The molecule has 0 saturated heterocycles. The number of fused-ring (bicyclic) bond motifs is 1. The third kappa shape index (κ3) is 2.65. The number of nitrogens with one attached hydrogen (secondary N) is 1. The molecule has 0 bridgehead atoms. The van der Waals surface area contributed by atoms with Crippen LogP contribution in [0.25, 0.3) is 0 Å². The predicted octanol–water partition coefficient (Wildman–Crippen LogP) is 1.19. The smallest absolute Gasteiger partial charge is 0.170 e. The third-order valence-corrected chi connectivity index (χ3v) is 3.58. The van der Waals surface area contributed by atoms with Crippen LogP contribution >= 0.6 is 0 Å². The van der Waals surface area contributed by atoms with Crippen LogP contribution in [0.4, 0.5) is 5.69 Å². The summed E-state index contributed by atoms with van der Waals surface area (Å²) in [6.07, 6.45) is 1.04. The van der Waals surface area contributed by atoms with E-state index in [1.165, 1.54) is 11.3 Å². The van der Waals surface area contributed by atoms with Gasteiger partial charge in [-0.2, -0.15) is 0 Å². The van der Waals surface area contributed by atoms with Gasteiger partial charge in [-0.15, -0.1) is 5.10 Å². The summed E-state index contributed by atoms with van der Waals surface area (Å²) in [5.41, 5.74) is 2.61. The Labute approximate surface area is 118 Å². The number of hydrogen-bond acceptors (Lipinski definition) is 5. The van der Waals surface area contributed by atoms with Crippen LogP contribution in [0, 0.1) is 0 Å². The van der Waals surface area contributed by atoms with E-state index in [-0.39, 0.29) is 0 Å². The van der Waals surface area contributed by atoms with Gasteiger partial charge in [-0.05, 0) is 28.5 Å². The molecule has 0 unspecified atom stereocenters. The van der Waals surface area contributed by atoms with E-state index in [2.05, 4.69) is 56.9 Å². The van der Waals surface area contributed by atoms with E-state index in [0.717, 1.165) is 45.0 Å². The molecule has 1 aromatic heterocycles. The van der Waals surface area contributed by atoms with E-state index < -0.39 is 0 Å². The predicted molar refractivity (Wildman–Crippen MR) is 77.3 cm³/mol. The van der Waals surface area contributed by atoms with Crippen LogP contribution in [0.1, 0.15) is 24.7 Å². The highest BCUT2D eigenvalue weighted by atomic mass is 15.5. The van der Waals surface area contributed by atoms with Crippen molar-refractivity contribution in [2.75, 3.05) is 18.0 Å². The van der Waals surface area contributed by atoms with Crippen LogP contribution in [-0.2, 0) is 19.6 Å². The summed E-state index contributed by atoms with van der Waals surface area (Å²) < 4.78 is 1.90. The number of aryl methyl sites for hydroxylation is 1. The highest BCUT2D eigenvalue weighted by Gasteiger charge is 2.17. The van der Waals surface area contributed by atoms with Crippen LogP contribution in [0.15, 0.2) is 24.3 Å². The summed E-state index contributed by atoms with van der Waals surface area (Å²) in [6, 6.07) is 8.53. The average molecular weight is 272 g/mol. The maximum absolute atomic E-state index is 4.17. The van der Waals surface area contributed by atoms with Crippen LogP contribution in [0.3, 0.4) is 0 Å². The summed E-state index contributed by atoms with van der Waals surface area (Å²) in [6.45, 7) is 6.63. The first-order valence-corrected chi connectivity index (χ1v) is 7.17. The van der Waals surface area contributed by atoms with Crippen LogP contribution in [0.5, 0.6) is 0 Å². The minimum absolute atomic E-state index is 0.756. The van der Waals surface area contributed by atoms with Crippen molar-refractivity contribution in [3.8, 4) is 0 Å². The Morgan fingerprint density at radius 3 is 3.10 bits per heavy atom. The summed E-state index contributed by atoms with van der Waals surface area (Å²) >= 11 is 0. The summed E-state index contributed by atoms with van der Waals surface area (Å²) in [7, 11) is 0. The Kier molecular flexibility index (Phi) is 3.92. The van der Waals surface area contributed by atoms with Gasteiger partial charge in [0.25, 0.3) is 0 Å². The van der Waals surface area contributed by atoms with Crippen molar-refractivity contribution >= 4 is 5.69 Å². The summed E-state index contributed by atoms with van der Waals surface area (Å²) in [5.74, 6) is 0.934. The van der Waals surface area contributed by atoms with Crippen molar-refractivity contribution in [2.24, 2.45) is 0 Å². The lowest BCUT2D eigenvalue weighted by atomic mass is 10.1. The van der Waals surface area contributed by atoms with E-state index in [1.54, 1.807) is 0 Å². The molecule has 0 amide bonds. The summed E-state index contributed by atoms with van der Waals surface area (Å²) in [5, 5.41) is 15.5. The number of nitrogens with zero attached hydrogens (tertiary/aromatic N) is 5. The first-order chi connectivity index (χ1) is 9.88. The lowest BCUT2D eigenvalue weighted by Gasteiger charge is -2.23. The van der Waals surface area contributed by atoms with E-state index in [0.29, 0.717) is 0 Å². The standard InChI is InChI=1S/C14H20N6/c1-2-8-20-14(16-17-18-20)11-19-9-7-15-10-12-5-3-4-6-13(12)19/h3-6,15H,2,7-11H2,1H3. The molecule has 1 aliphatic rings. The molecule has 0 aliphatic carbocycles. The molecule has 20 heavy (non-hydrogen) atoms. The molecule has 2 aromatic rings. The van der Waals surface area contributed by atoms with Gasteiger partial charge < -0.3 is 10.2 Å². The Hall–Kier alpha value is -1.95. The van der Waals surface area contributed by atoms with Gasteiger partial charge in [-0.25, -0.2) is 4.68 Å². The molecule has 2 heterocycles. The fourth-order valence-electron chi connectivity index (χ4n) is 2.58. The Balaban J connectivity index is 1.85. The van der Waals surface area contributed by atoms with Gasteiger partial charge in [0.15, 0.2) is 5.82 Å². The van der Waals surface area contributed by atoms with Crippen molar-refractivity contribution < 1.29 is 0 Å². The van der Waals surface area contributed by atoms with Crippen molar-refractivity contribution in [1.29, 1.82) is 0 Å². The molecule has 0 fully saturated rings. The zero-order valence-electron chi connectivity index (χ0n) is 11.8. The molecule has 3 rings (SSSR count). The number of benzene rings is 1. The second kappa shape index (κ2) is 6.00. The van der Waals surface area contributed by atoms with Gasteiger partial charge in [0.1, 0.15) is 0 Å². The van der Waals surface area contributed by atoms with Gasteiger partial charge >= 0.3 is 0 Å². The van der Waals surface area contributed by atoms with Crippen LogP contribution < -0.4 is 10.2 Å². The Morgan fingerprint density at radius 1 is 1.30 bits per heavy atom. The molecule has 6 heteroatoms. The number of rotatable bonds is 4. The van der Waals surface area contributed by atoms with Crippen LogP contribution in [0.2, 0.25) is 0 Å². The second-order valence-corrected chi connectivity index (χ2v) is 5.05. The van der Waals surface area contributed by atoms with Gasteiger partial charge in [-0.3, -0.25) is 0 Å². The fourth-order valence-corrected chi connectivity index (χ4v) is 2.58. The zero-order chi connectivity index (χ0) is 13.8. The summed E-state index contributed by atoms with van der Waals surface area (Å²) in [4.78, 5) is 2.35. The van der Waals surface area contributed by atoms with Crippen molar-refractivity contribution in [3.63, 3.8) is 0 Å². The molecule has 1 aromatic carbocycles. The Morgan fingerprint density at radius 2 is 2.20 bits per heavy atom. The monoisotopic (exact) mass is 272 g/mol. The largest absolute Gasteiger partial charge is 0.362 e. The van der Waals surface area contributed by atoms with Crippen molar-refractivity contribution in [3.05, 3.63) is 35.7 Å². The quantitative estimate of drug-likeness (QED) is 0.906. The molecule has 6 nitrogen and oxygen atoms in total. The number of hydrogen-bond donors (Lipinski definition) is 1. The van der Waals surface area contributed by atoms with Gasteiger partial charge in [0.2, 0.25) is 0 Å². The topological polar surface area (TPSA) is 58.9 Å². The molecular formula is C14H20N6. The normalized spacial score (nSPS) is 14.9. The molecule has 0 atom stereocenters. The minimum atomic E-state index is 0.756. The van der Waals surface area contributed by atoms with E-state index in [4.69, 9.17) is 0 Å². The van der Waals surface area contributed by atoms with Gasteiger partial charge in [0, 0.05) is 31.9 Å². The highest BCUT2D eigenvalue weighted by Crippen LogP contribution is 2.23. The molecule has 0 spiro atoms. The SMILES string of the molecule is CCCn1nnnc1CN1CCNCc2ccccc21. The van der Waals surface area contributed by atoms with E-state index in [1.807, 2.05) is 4.68 Å². The van der Waals surface area contributed by atoms with E-state index >= 15 is 0 Å². The lowest BCUT2D eigenvalue weighted by molar-refractivity contribution is 0.548. The van der Waals surface area contributed by atoms with Crippen LogP contribution in [-0.4, -0.2) is 33.3 Å². The molecule has 1 aliphatic heterocycles. The maximum atomic E-state index is 4.17. The number of tetrazole rings is 1. The number of anilines is 1. The highest BCUT2D eigenvalue weighted by molar-refractivity contribution is 5.54. The molecule has 106 valence electrons. The first-order valence-electron chi connectivity index (χ1n) is 7.17. The van der Waals surface area contributed by atoms with Gasteiger partial charge in [0.05, 0.1) is 6.54 Å². The van der Waals surface area contributed by atoms with Gasteiger partial charge in [-0.1, -0.05) is 25.1 Å². The average Bonchev–Trinajstić information content (AvgIpc) is 2.80. The number of aromatic nitrogens is 4. The molecular weight excluding hydrogens is 252 g/mol. The van der Waals surface area contributed by atoms with Crippen molar-refractivity contribution in [2.45, 2.75) is 33.0 Å². The lowest BCUT2D eigenvalue weighted by Crippen LogP contribution is -2.29. The fraction of sp³-hybridized carbons (Fsp3) is 0.500. The van der Waals surface area contributed by atoms with E-state index in [9.17, 15) is 0 Å². The van der Waals surface area contributed by atoms with Crippen molar-refractivity contribution in [1.82, 2.24) is 25.5 Å². The number of para-hydroxylation sites is 1. The second-order valence-electron chi connectivity index (χ2n) is 5.05. The molecule has 0 radical (unpaired) electrons.